The van der Waals surface area contributed by atoms with Crippen LogP contribution in [0, 0.1) is 6.92 Å². The Kier molecular flexibility index (Phi) is 5.84. The van der Waals surface area contributed by atoms with E-state index in [9.17, 15) is 9.59 Å². The van der Waals surface area contributed by atoms with Crippen molar-refractivity contribution in [2.24, 2.45) is 0 Å². The topological polar surface area (TPSA) is 94.1 Å². The molecule has 132 valence electrons. The normalized spacial score (nSPS) is 10.0. The van der Waals surface area contributed by atoms with Gasteiger partial charge in [0.25, 0.3) is 5.91 Å². The number of hydrogen-bond donors (Lipinski definition) is 2. The quantitative estimate of drug-likeness (QED) is 0.801. The van der Waals surface area contributed by atoms with Gasteiger partial charge >= 0.3 is 5.97 Å². The van der Waals surface area contributed by atoms with Gasteiger partial charge in [0.1, 0.15) is 0 Å². The van der Waals surface area contributed by atoms with E-state index in [1.54, 1.807) is 6.07 Å². The van der Waals surface area contributed by atoms with Crippen molar-refractivity contribution < 1.29 is 28.9 Å². The molecular formula is C18H19NO6. The van der Waals surface area contributed by atoms with Gasteiger partial charge in [-0.25, -0.2) is 4.79 Å². The molecule has 0 bridgehead atoms. The van der Waals surface area contributed by atoms with Crippen molar-refractivity contribution in [3.05, 3.63) is 47.5 Å². The molecule has 0 aliphatic rings. The maximum Gasteiger partial charge on any atom is 0.335 e. The van der Waals surface area contributed by atoms with Crippen LogP contribution in [-0.2, 0) is 4.79 Å². The molecule has 0 spiro atoms. The van der Waals surface area contributed by atoms with Gasteiger partial charge in [-0.15, -0.1) is 0 Å². The Morgan fingerprint density at radius 1 is 1.08 bits per heavy atom. The van der Waals surface area contributed by atoms with Gasteiger partial charge in [-0.2, -0.15) is 0 Å². The molecule has 0 atom stereocenters. The lowest BCUT2D eigenvalue weighted by atomic mass is 10.2. The van der Waals surface area contributed by atoms with Gasteiger partial charge in [0.2, 0.25) is 5.75 Å². The lowest BCUT2D eigenvalue weighted by Gasteiger charge is -2.15. The third-order valence-electron chi connectivity index (χ3n) is 3.36. The van der Waals surface area contributed by atoms with Crippen LogP contribution in [0.1, 0.15) is 15.9 Å². The van der Waals surface area contributed by atoms with Crippen LogP contribution in [-0.4, -0.2) is 37.8 Å². The van der Waals surface area contributed by atoms with Crippen molar-refractivity contribution in [3.63, 3.8) is 0 Å². The summed E-state index contributed by atoms with van der Waals surface area (Å²) in [7, 11) is 2.75. The molecule has 2 aromatic rings. The van der Waals surface area contributed by atoms with Crippen molar-refractivity contribution in [1.82, 2.24) is 0 Å². The number of carbonyl (C=O) groups is 2. The molecule has 0 saturated carbocycles. The number of ether oxygens (including phenoxy) is 3. The molecule has 2 N–H and O–H groups in total. The van der Waals surface area contributed by atoms with Crippen LogP contribution >= 0.6 is 0 Å². The highest BCUT2D eigenvalue weighted by Gasteiger charge is 2.18. The van der Waals surface area contributed by atoms with E-state index < -0.39 is 5.97 Å². The predicted octanol–water partition coefficient (Wildman–Crippen LogP) is 2.73. The van der Waals surface area contributed by atoms with Crippen molar-refractivity contribution in [2.45, 2.75) is 6.92 Å². The van der Waals surface area contributed by atoms with Crippen LogP contribution in [0.4, 0.5) is 5.69 Å². The summed E-state index contributed by atoms with van der Waals surface area (Å²) < 4.78 is 15.8. The SMILES string of the molecule is COc1cc(C(=O)O)cc(OC)c1OCC(=O)Nc1cccc(C)c1. The van der Waals surface area contributed by atoms with E-state index in [4.69, 9.17) is 19.3 Å². The summed E-state index contributed by atoms with van der Waals surface area (Å²) in [6.45, 7) is 1.64. The molecule has 0 saturated heterocycles. The minimum Gasteiger partial charge on any atom is -0.493 e. The molecule has 2 aromatic carbocycles. The van der Waals surface area contributed by atoms with E-state index in [0.717, 1.165) is 5.56 Å². The lowest BCUT2D eigenvalue weighted by molar-refractivity contribution is -0.118. The molecule has 0 aliphatic carbocycles. The average molecular weight is 345 g/mol. The molecule has 0 aliphatic heterocycles. The Morgan fingerprint density at radius 2 is 1.72 bits per heavy atom. The minimum atomic E-state index is -1.12. The number of aryl methyl sites for hydroxylation is 1. The van der Waals surface area contributed by atoms with E-state index >= 15 is 0 Å². The summed E-state index contributed by atoms with van der Waals surface area (Å²) in [5.74, 6) is -0.994. The second kappa shape index (κ2) is 8.05. The van der Waals surface area contributed by atoms with Gasteiger partial charge < -0.3 is 24.6 Å². The van der Waals surface area contributed by atoms with Crippen molar-refractivity contribution >= 4 is 17.6 Å². The highest BCUT2D eigenvalue weighted by molar-refractivity contribution is 5.92. The predicted molar refractivity (Wildman–Crippen MR) is 91.8 cm³/mol. The number of rotatable bonds is 7. The number of aromatic carboxylic acids is 1. The number of nitrogens with one attached hydrogen (secondary N) is 1. The second-order valence-corrected chi connectivity index (χ2v) is 5.22. The van der Waals surface area contributed by atoms with Crippen LogP contribution < -0.4 is 19.5 Å². The van der Waals surface area contributed by atoms with Gasteiger partial charge in [-0.05, 0) is 36.8 Å². The second-order valence-electron chi connectivity index (χ2n) is 5.22. The molecule has 2 rings (SSSR count). The average Bonchev–Trinajstić information content (AvgIpc) is 2.59. The Bertz CT molecular complexity index is 762. The molecule has 1 amide bonds. The minimum absolute atomic E-state index is 0.00902. The Hall–Kier alpha value is -3.22. The van der Waals surface area contributed by atoms with Crippen molar-refractivity contribution in [2.75, 3.05) is 26.1 Å². The zero-order valence-corrected chi connectivity index (χ0v) is 14.2. The first-order valence-electron chi connectivity index (χ1n) is 7.43. The third-order valence-corrected chi connectivity index (χ3v) is 3.36. The van der Waals surface area contributed by atoms with Crippen molar-refractivity contribution in [3.8, 4) is 17.2 Å². The first kappa shape index (κ1) is 18.1. The van der Waals surface area contributed by atoms with E-state index in [1.807, 2.05) is 25.1 Å². The monoisotopic (exact) mass is 345 g/mol. The number of carbonyl (C=O) groups excluding carboxylic acids is 1. The summed E-state index contributed by atoms with van der Waals surface area (Å²) >= 11 is 0. The first-order valence-corrected chi connectivity index (χ1v) is 7.43. The van der Waals surface area contributed by atoms with Crippen molar-refractivity contribution in [1.29, 1.82) is 0 Å². The van der Waals surface area contributed by atoms with Gasteiger partial charge in [0.05, 0.1) is 19.8 Å². The molecule has 0 aromatic heterocycles. The molecule has 0 radical (unpaired) electrons. The zero-order valence-electron chi connectivity index (χ0n) is 14.2. The number of anilines is 1. The standard InChI is InChI=1S/C18H19NO6/c1-11-5-4-6-13(7-11)19-16(20)10-25-17-14(23-2)8-12(18(21)22)9-15(17)24-3/h4-9H,10H2,1-3H3,(H,19,20)(H,21,22). The largest absolute Gasteiger partial charge is 0.493 e. The zero-order chi connectivity index (χ0) is 18.4. The van der Waals surface area contributed by atoms with Gasteiger partial charge in [0.15, 0.2) is 18.1 Å². The Morgan fingerprint density at radius 3 is 2.24 bits per heavy atom. The maximum atomic E-state index is 12.1. The third kappa shape index (κ3) is 4.63. The highest BCUT2D eigenvalue weighted by Crippen LogP contribution is 2.38. The summed E-state index contributed by atoms with van der Waals surface area (Å²) in [5, 5.41) is 11.8. The first-order chi connectivity index (χ1) is 11.9. The van der Waals surface area contributed by atoms with Gasteiger partial charge in [-0.3, -0.25) is 4.79 Å². The molecule has 0 heterocycles. The number of carboxylic acids is 1. The summed E-state index contributed by atoms with van der Waals surface area (Å²) in [5.41, 5.74) is 1.67. The number of carboxylic acid groups (broad SMARTS) is 1. The highest BCUT2D eigenvalue weighted by atomic mass is 16.5. The van der Waals surface area contributed by atoms with E-state index in [2.05, 4.69) is 5.32 Å². The molecule has 7 nitrogen and oxygen atoms in total. The molecule has 7 heteroatoms. The molecule has 0 fully saturated rings. The van der Waals surface area contributed by atoms with Crippen LogP contribution in [0.15, 0.2) is 36.4 Å². The smallest absolute Gasteiger partial charge is 0.335 e. The fraction of sp³-hybridized carbons (Fsp3) is 0.222. The Labute approximate surface area is 145 Å². The van der Waals surface area contributed by atoms with Gasteiger partial charge in [0, 0.05) is 5.69 Å². The number of methoxy groups -OCH3 is 2. The van der Waals surface area contributed by atoms with E-state index in [1.165, 1.54) is 26.4 Å². The molecular weight excluding hydrogens is 326 g/mol. The number of hydrogen-bond acceptors (Lipinski definition) is 5. The number of amides is 1. The molecule has 25 heavy (non-hydrogen) atoms. The maximum absolute atomic E-state index is 12.1. The van der Waals surface area contributed by atoms with E-state index in [-0.39, 0.29) is 35.3 Å². The fourth-order valence-corrected chi connectivity index (χ4v) is 2.20. The summed E-state index contributed by atoms with van der Waals surface area (Å²) in [6, 6.07) is 9.97. The molecule has 0 unspecified atom stereocenters. The lowest BCUT2D eigenvalue weighted by Crippen LogP contribution is -2.20. The van der Waals surface area contributed by atoms with Crippen LogP contribution in [0.2, 0.25) is 0 Å². The van der Waals surface area contributed by atoms with Crippen LogP contribution in [0.5, 0.6) is 17.2 Å². The van der Waals surface area contributed by atoms with Crippen LogP contribution in [0.25, 0.3) is 0 Å². The number of benzene rings is 2. The fourth-order valence-electron chi connectivity index (χ4n) is 2.20. The summed E-state index contributed by atoms with van der Waals surface area (Å²) in [4.78, 5) is 23.2. The van der Waals surface area contributed by atoms with Crippen LogP contribution in [0.3, 0.4) is 0 Å². The van der Waals surface area contributed by atoms with Gasteiger partial charge in [-0.1, -0.05) is 12.1 Å². The summed E-state index contributed by atoms with van der Waals surface area (Å²) in [6.07, 6.45) is 0. The van der Waals surface area contributed by atoms with E-state index in [0.29, 0.717) is 5.69 Å². The Balaban J connectivity index is 2.13.